The maximum atomic E-state index is 13.3. The SMILES string of the molecule is CCCCN(C(=O)c1ccc(C)c(S(=O)(=O)N2CCOCC2)c1)c1ccccc1. The molecule has 0 aromatic heterocycles. The predicted molar refractivity (Wildman–Crippen MR) is 114 cm³/mol. The van der Waals surface area contributed by atoms with Gasteiger partial charge in [0.25, 0.3) is 5.91 Å². The summed E-state index contributed by atoms with van der Waals surface area (Å²) in [6, 6.07) is 14.4. The van der Waals surface area contributed by atoms with Gasteiger partial charge in [0.2, 0.25) is 10.0 Å². The largest absolute Gasteiger partial charge is 0.379 e. The van der Waals surface area contributed by atoms with Crippen molar-refractivity contribution in [1.29, 1.82) is 0 Å². The number of rotatable bonds is 7. The number of unbranched alkanes of at least 4 members (excludes halogenated alkanes) is 1. The molecule has 0 saturated carbocycles. The van der Waals surface area contributed by atoms with E-state index in [1.54, 1.807) is 24.0 Å². The van der Waals surface area contributed by atoms with Crippen molar-refractivity contribution in [2.45, 2.75) is 31.6 Å². The molecule has 1 saturated heterocycles. The number of para-hydroxylation sites is 1. The van der Waals surface area contributed by atoms with Crippen LogP contribution in [-0.4, -0.2) is 51.5 Å². The number of morpholine rings is 1. The molecule has 1 fully saturated rings. The highest BCUT2D eigenvalue weighted by Gasteiger charge is 2.29. The smallest absolute Gasteiger partial charge is 0.258 e. The number of carbonyl (C=O) groups is 1. The Balaban J connectivity index is 1.95. The average molecular weight is 417 g/mol. The summed E-state index contributed by atoms with van der Waals surface area (Å²) in [5.74, 6) is -0.192. The van der Waals surface area contributed by atoms with Gasteiger partial charge in [-0.05, 0) is 43.2 Å². The van der Waals surface area contributed by atoms with E-state index in [0.717, 1.165) is 18.5 Å². The van der Waals surface area contributed by atoms with Crippen LogP contribution in [0.25, 0.3) is 0 Å². The van der Waals surface area contributed by atoms with Crippen molar-refractivity contribution in [3.8, 4) is 0 Å². The molecule has 0 N–H and O–H groups in total. The van der Waals surface area contributed by atoms with Gasteiger partial charge in [0.15, 0.2) is 0 Å². The Bertz CT molecular complexity index is 939. The molecular weight excluding hydrogens is 388 g/mol. The highest BCUT2D eigenvalue weighted by atomic mass is 32.2. The predicted octanol–water partition coefficient (Wildman–Crippen LogP) is 3.46. The van der Waals surface area contributed by atoms with Gasteiger partial charge in [-0.2, -0.15) is 4.31 Å². The molecule has 0 unspecified atom stereocenters. The minimum atomic E-state index is -3.67. The number of sulfonamides is 1. The van der Waals surface area contributed by atoms with Crippen LogP contribution in [0.15, 0.2) is 53.4 Å². The first-order valence-corrected chi connectivity index (χ1v) is 11.4. The highest BCUT2D eigenvalue weighted by molar-refractivity contribution is 7.89. The number of aryl methyl sites for hydroxylation is 1. The Morgan fingerprint density at radius 2 is 1.79 bits per heavy atom. The van der Waals surface area contributed by atoms with Gasteiger partial charge < -0.3 is 9.64 Å². The molecule has 3 rings (SSSR count). The summed E-state index contributed by atoms with van der Waals surface area (Å²) in [6.45, 7) is 5.84. The molecule has 6 nitrogen and oxygen atoms in total. The summed E-state index contributed by atoms with van der Waals surface area (Å²) in [6.07, 6.45) is 1.83. The van der Waals surface area contributed by atoms with Crippen molar-refractivity contribution in [1.82, 2.24) is 4.31 Å². The third kappa shape index (κ3) is 4.86. The highest BCUT2D eigenvalue weighted by Crippen LogP contribution is 2.24. The average Bonchev–Trinajstić information content (AvgIpc) is 2.75. The number of carbonyl (C=O) groups excluding carboxylic acids is 1. The van der Waals surface area contributed by atoms with E-state index in [4.69, 9.17) is 4.74 Å². The lowest BCUT2D eigenvalue weighted by atomic mass is 10.1. The van der Waals surface area contributed by atoms with Crippen LogP contribution in [0.5, 0.6) is 0 Å². The molecule has 2 aromatic rings. The standard InChI is InChI=1S/C22H28N2O4S/c1-3-4-12-24(20-8-6-5-7-9-20)22(25)19-11-10-18(2)21(17-19)29(26,27)23-13-15-28-16-14-23/h5-11,17H,3-4,12-16H2,1-2H3. The van der Waals surface area contributed by atoms with Crippen molar-refractivity contribution in [2.75, 3.05) is 37.7 Å². The molecule has 7 heteroatoms. The van der Waals surface area contributed by atoms with Crippen LogP contribution in [0.3, 0.4) is 0 Å². The van der Waals surface area contributed by atoms with Gasteiger partial charge in [-0.25, -0.2) is 8.42 Å². The maximum Gasteiger partial charge on any atom is 0.258 e. The normalized spacial score (nSPS) is 15.2. The second kappa shape index (κ2) is 9.52. The van der Waals surface area contributed by atoms with E-state index < -0.39 is 10.0 Å². The van der Waals surface area contributed by atoms with Crippen LogP contribution >= 0.6 is 0 Å². The van der Waals surface area contributed by atoms with Crippen molar-refractivity contribution >= 4 is 21.6 Å². The summed E-state index contributed by atoms with van der Waals surface area (Å²) >= 11 is 0. The Hall–Kier alpha value is -2.22. The van der Waals surface area contributed by atoms with Crippen molar-refractivity contribution < 1.29 is 17.9 Å². The van der Waals surface area contributed by atoms with Crippen LogP contribution in [0, 0.1) is 6.92 Å². The van der Waals surface area contributed by atoms with Crippen molar-refractivity contribution in [2.24, 2.45) is 0 Å². The van der Waals surface area contributed by atoms with Crippen LogP contribution in [0.2, 0.25) is 0 Å². The van der Waals surface area contributed by atoms with Gasteiger partial charge in [-0.15, -0.1) is 0 Å². The van der Waals surface area contributed by atoms with Crippen molar-refractivity contribution in [3.05, 3.63) is 59.7 Å². The fourth-order valence-corrected chi connectivity index (χ4v) is 5.02. The van der Waals surface area contributed by atoms with Crippen LogP contribution in [-0.2, 0) is 14.8 Å². The minimum absolute atomic E-state index is 0.189. The van der Waals surface area contributed by atoms with E-state index in [9.17, 15) is 13.2 Å². The maximum absolute atomic E-state index is 13.3. The zero-order chi connectivity index (χ0) is 20.9. The number of benzene rings is 2. The van der Waals surface area contributed by atoms with E-state index in [-0.39, 0.29) is 10.8 Å². The fourth-order valence-electron chi connectivity index (χ4n) is 3.36. The Morgan fingerprint density at radius 1 is 1.10 bits per heavy atom. The topological polar surface area (TPSA) is 66.9 Å². The summed E-state index contributed by atoms with van der Waals surface area (Å²) in [7, 11) is -3.67. The molecule has 0 aliphatic carbocycles. The zero-order valence-electron chi connectivity index (χ0n) is 17.0. The lowest BCUT2D eigenvalue weighted by Gasteiger charge is -2.27. The Kier molecular flexibility index (Phi) is 7.05. The summed E-state index contributed by atoms with van der Waals surface area (Å²) in [5, 5.41) is 0. The molecule has 0 radical (unpaired) electrons. The molecule has 1 heterocycles. The first-order chi connectivity index (χ1) is 13.9. The molecule has 1 aliphatic rings. The van der Waals surface area contributed by atoms with E-state index in [2.05, 4.69) is 6.92 Å². The first-order valence-electron chi connectivity index (χ1n) is 10.0. The monoisotopic (exact) mass is 416 g/mol. The molecule has 2 aromatic carbocycles. The molecule has 0 bridgehead atoms. The number of amides is 1. The van der Waals surface area contributed by atoms with Gasteiger partial charge >= 0.3 is 0 Å². The number of ether oxygens (including phenoxy) is 1. The van der Waals surface area contributed by atoms with Gasteiger partial charge in [-0.1, -0.05) is 37.6 Å². The van der Waals surface area contributed by atoms with E-state index in [1.807, 2.05) is 30.3 Å². The molecule has 29 heavy (non-hydrogen) atoms. The van der Waals surface area contributed by atoms with E-state index in [1.165, 1.54) is 10.4 Å². The lowest BCUT2D eigenvalue weighted by molar-refractivity contribution is 0.0730. The van der Waals surface area contributed by atoms with Crippen LogP contribution in [0.1, 0.15) is 35.7 Å². The van der Waals surface area contributed by atoms with Gasteiger partial charge in [0, 0.05) is 30.9 Å². The molecule has 1 amide bonds. The molecule has 0 atom stereocenters. The molecular formula is C22H28N2O4S. The molecule has 156 valence electrons. The van der Waals surface area contributed by atoms with Gasteiger partial charge in [0.1, 0.15) is 0 Å². The van der Waals surface area contributed by atoms with E-state index >= 15 is 0 Å². The summed E-state index contributed by atoms with van der Waals surface area (Å²) < 4.78 is 33.0. The van der Waals surface area contributed by atoms with E-state index in [0.29, 0.717) is 44.0 Å². The lowest BCUT2D eigenvalue weighted by Crippen LogP contribution is -2.41. The summed E-state index contributed by atoms with van der Waals surface area (Å²) in [4.78, 5) is 15.2. The van der Waals surface area contributed by atoms with Gasteiger partial charge in [0.05, 0.1) is 18.1 Å². The van der Waals surface area contributed by atoms with Crippen LogP contribution < -0.4 is 4.90 Å². The first kappa shape index (κ1) is 21.5. The summed E-state index contributed by atoms with van der Waals surface area (Å²) in [5.41, 5.74) is 1.82. The second-order valence-electron chi connectivity index (χ2n) is 7.14. The fraction of sp³-hybridized carbons (Fsp3) is 0.409. The quantitative estimate of drug-likeness (QED) is 0.693. The zero-order valence-corrected chi connectivity index (χ0v) is 17.8. The third-order valence-corrected chi connectivity index (χ3v) is 7.11. The minimum Gasteiger partial charge on any atom is -0.379 e. The second-order valence-corrected chi connectivity index (χ2v) is 9.05. The Morgan fingerprint density at radius 3 is 2.45 bits per heavy atom. The number of hydrogen-bond donors (Lipinski definition) is 0. The van der Waals surface area contributed by atoms with Crippen molar-refractivity contribution in [3.63, 3.8) is 0 Å². The molecule has 0 spiro atoms. The third-order valence-electron chi connectivity index (χ3n) is 5.07. The number of hydrogen-bond acceptors (Lipinski definition) is 4. The number of nitrogens with zero attached hydrogens (tertiary/aromatic N) is 2. The Labute approximate surface area is 173 Å². The number of anilines is 1. The molecule has 1 aliphatic heterocycles. The van der Waals surface area contributed by atoms with Crippen LogP contribution in [0.4, 0.5) is 5.69 Å². The van der Waals surface area contributed by atoms with Gasteiger partial charge in [-0.3, -0.25) is 4.79 Å².